The first kappa shape index (κ1) is 22.5. The lowest BCUT2D eigenvalue weighted by Gasteiger charge is -2.36. The van der Waals surface area contributed by atoms with Crippen molar-refractivity contribution in [3.05, 3.63) is 0 Å². The van der Waals surface area contributed by atoms with Gasteiger partial charge in [-0.25, -0.2) is 4.79 Å². The van der Waals surface area contributed by atoms with Gasteiger partial charge in [-0.3, -0.25) is 15.0 Å². The van der Waals surface area contributed by atoms with E-state index in [2.05, 4.69) is 10.6 Å². The summed E-state index contributed by atoms with van der Waals surface area (Å²) in [5, 5.41) is 5.28. The van der Waals surface area contributed by atoms with Crippen LogP contribution in [-0.4, -0.2) is 85.7 Å². The maximum absolute atomic E-state index is 12.9. The molecule has 1 aliphatic carbocycles. The Kier molecular flexibility index (Phi) is 8.28. The minimum absolute atomic E-state index is 0.107. The van der Waals surface area contributed by atoms with Crippen molar-refractivity contribution in [2.75, 3.05) is 45.8 Å². The van der Waals surface area contributed by atoms with Crippen molar-refractivity contribution in [3.63, 3.8) is 0 Å². The van der Waals surface area contributed by atoms with Crippen molar-refractivity contribution in [2.24, 2.45) is 0 Å². The average Bonchev–Trinajstić information content (AvgIpc) is 2.99. The highest BCUT2D eigenvalue weighted by Crippen LogP contribution is 2.18. The third-order valence-corrected chi connectivity index (χ3v) is 8.14. The van der Waals surface area contributed by atoms with Crippen molar-refractivity contribution < 1.29 is 18.0 Å². The monoisotopic (exact) mass is 429 g/mol. The molecule has 0 spiro atoms. The Morgan fingerprint density at radius 2 is 1.31 bits per heavy atom. The fourth-order valence-corrected chi connectivity index (χ4v) is 6.06. The Labute approximate surface area is 174 Å². The molecule has 2 N–H and O–H groups in total. The van der Waals surface area contributed by atoms with Crippen molar-refractivity contribution >= 4 is 22.1 Å². The third kappa shape index (κ3) is 6.63. The molecule has 0 bridgehead atoms. The molecule has 166 valence electrons. The van der Waals surface area contributed by atoms with Crippen molar-refractivity contribution in [1.29, 1.82) is 0 Å². The molecule has 0 atom stereocenters. The van der Waals surface area contributed by atoms with E-state index in [1.54, 1.807) is 4.31 Å². The molecule has 3 fully saturated rings. The molecule has 0 radical (unpaired) electrons. The van der Waals surface area contributed by atoms with Crippen LogP contribution in [0.15, 0.2) is 0 Å². The zero-order valence-electron chi connectivity index (χ0n) is 17.3. The summed E-state index contributed by atoms with van der Waals surface area (Å²) < 4.78 is 28.9. The molecule has 10 heteroatoms. The number of urea groups is 1. The summed E-state index contributed by atoms with van der Waals surface area (Å²) in [5.41, 5.74) is 0. The van der Waals surface area contributed by atoms with Crippen LogP contribution >= 0.6 is 0 Å². The number of carbonyl (C=O) groups is 2. The Hall–Kier alpha value is -1.23. The van der Waals surface area contributed by atoms with E-state index in [1.165, 1.54) is 10.7 Å². The third-order valence-electron chi connectivity index (χ3n) is 6.11. The van der Waals surface area contributed by atoms with Crippen LogP contribution in [0, 0.1) is 0 Å². The van der Waals surface area contributed by atoms with Gasteiger partial charge in [-0.05, 0) is 25.7 Å². The normalized spacial score (nSPS) is 24.0. The molecular formula is C19H35N5O4S. The van der Waals surface area contributed by atoms with Gasteiger partial charge < -0.3 is 5.32 Å². The number of carbonyl (C=O) groups excluding carboxylic acids is 2. The summed E-state index contributed by atoms with van der Waals surface area (Å²) in [6.07, 6.45) is 9.38. The first-order valence-electron chi connectivity index (χ1n) is 11.0. The Morgan fingerprint density at radius 1 is 0.759 bits per heavy atom. The fourth-order valence-electron chi connectivity index (χ4n) is 4.39. The van der Waals surface area contributed by atoms with E-state index in [1.807, 2.05) is 4.90 Å². The standard InChI is InChI=1S/C19H35N5O4S/c25-18(21-19(26)20-17-8-4-3-5-9-17)16-22-12-14-24(15-13-22)29(27,28)23-10-6-1-2-7-11-23/h17H,1-16H2,(H2,20,21,25,26). The van der Waals surface area contributed by atoms with E-state index in [0.29, 0.717) is 39.3 Å². The summed E-state index contributed by atoms with van der Waals surface area (Å²) in [5.74, 6) is -0.345. The average molecular weight is 430 g/mol. The predicted molar refractivity (Wildman–Crippen MR) is 111 cm³/mol. The van der Waals surface area contributed by atoms with Gasteiger partial charge in [0.15, 0.2) is 0 Å². The highest BCUT2D eigenvalue weighted by Gasteiger charge is 2.33. The molecule has 0 aromatic carbocycles. The van der Waals surface area contributed by atoms with E-state index in [4.69, 9.17) is 0 Å². The number of piperazine rings is 1. The zero-order chi connectivity index (χ0) is 20.7. The molecule has 2 heterocycles. The van der Waals surface area contributed by atoms with Crippen molar-refractivity contribution in [3.8, 4) is 0 Å². The molecule has 3 amide bonds. The summed E-state index contributed by atoms with van der Waals surface area (Å²) in [4.78, 5) is 26.1. The maximum Gasteiger partial charge on any atom is 0.321 e. The molecule has 29 heavy (non-hydrogen) atoms. The maximum atomic E-state index is 12.9. The summed E-state index contributed by atoms with van der Waals surface area (Å²) in [6, 6.07) is -0.270. The van der Waals surface area contributed by atoms with Crippen LogP contribution in [0.1, 0.15) is 57.8 Å². The number of hydrogen-bond donors (Lipinski definition) is 2. The second kappa shape index (κ2) is 10.7. The van der Waals surface area contributed by atoms with E-state index in [-0.39, 0.29) is 18.5 Å². The topological polar surface area (TPSA) is 102 Å². The summed E-state index contributed by atoms with van der Waals surface area (Å²) >= 11 is 0. The Morgan fingerprint density at radius 3 is 1.93 bits per heavy atom. The molecular weight excluding hydrogens is 394 g/mol. The van der Waals surface area contributed by atoms with Gasteiger partial charge >= 0.3 is 6.03 Å². The number of nitrogens with one attached hydrogen (secondary N) is 2. The van der Waals surface area contributed by atoms with Gasteiger partial charge in [0.25, 0.3) is 10.2 Å². The van der Waals surface area contributed by atoms with Gasteiger partial charge in [-0.2, -0.15) is 17.0 Å². The number of hydrogen-bond acceptors (Lipinski definition) is 5. The lowest BCUT2D eigenvalue weighted by molar-refractivity contribution is -0.121. The fraction of sp³-hybridized carbons (Fsp3) is 0.895. The summed E-state index contributed by atoms with van der Waals surface area (Å²) in [6.45, 7) is 3.04. The van der Waals surface area contributed by atoms with Crippen LogP contribution in [0.5, 0.6) is 0 Å². The molecule has 1 saturated carbocycles. The second-order valence-corrected chi connectivity index (χ2v) is 10.3. The number of amides is 3. The lowest BCUT2D eigenvalue weighted by Crippen LogP contribution is -2.55. The van der Waals surface area contributed by atoms with Gasteiger partial charge in [-0.15, -0.1) is 0 Å². The van der Waals surface area contributed by atoms with Gasteiger partial charge in [0, 0.05) is 45.3 Å². The van der Waals surface area contributed by atoms with Gasteiger partial charge in [0.2, 0.25) is 5.91 Å². The highest BCUT2D eigenvalue weighted by molar-refractivity contribution is 7.86. The number of nitrogens with zero attached hydrogens (tertiary/aromatic N) is 3. The Balaban J connectivity index is 1.39. The smallest absolute Gasteiger partial charge is 0.321 e. The minimum Gasteiger partial charge on any atom is -0.335 e. The van der Waals surface area contributed by atoms with Crippen LogP contribution in [0.25, 0.3) is 0 Å². The van der Waals surface area contributed by atoms with Crippen LogP contribution in [-0.2, 0) is 15.0 Å². The molecule has 0 unspecified atom stereocenters. The van der Waals surface area contributed by atoms with Crippen molar-refractivity contribution in [1.82, 2.24) is 24.1 Å². The van der Waals surface area contributed by atoms with E-state index < -0.39 is 16.2 Å². The quantitative estimate of drug-likeness (QED) is 0.676. The predicted octanol–water partition coefficient (Wildman–Crippen LogP) is 0.883. The first-order valence-corrected chi connectivity index (χ1v) is 12.4. The SMILES string of the molecule is O=C(CN1CCN(S(=O)(=O)N2CCCCCC2)CC1)NC(=O)NC1CCCCC1. The summed E-state index contributed by atoms with van der Waals surface area (Å²) in [7, 11) is -3.42. The van der Waals surface area contributed by atoms with E-state index in [9.17, 15) is 18.0 Å². The largest absolute Gasteiger partial charge is 0.335 e. The van der Waals surface area contributed by atoms with Gasteiger partial charge in [-0.1, -0.05) is 32.1 Å². The van der Waals surface area contributed by atoms with E-state index >= 15 is 0 Å². The minimum atomic E-state index is -3.42. The van der Waals surface area contributed by atoms with Crippen LogP contribution in [0.2, 0.25) is 0 Å². The molecule has 9 nitrogen and oxygen atoms in total. The van der Waals surface area contributed by atoms with Gasteiger partial charge in [0.05, 0.1) is 6.54 Å². The van der Waals surface area contributed by atoms with Crippen LogP contribution in [0.4, 0.5) is 4.79 Å². The van der Waals surface area contributed by atoms with Crippen LogP contribution in [0.3, 0.4) is 0 Å². The number of rotatable bonds is 5. The van der Waals surface area contributed by atoms with Crippen LogP contribution < -0.4 is 10.6 Å². The van der Waals surface area contributed by atoms with E-state index in [0.717, 1.165) is 51.4 Å². The molecule has 3 aliphatic rings. The second-order valence-electron chi connectivity index (χ2n) is 8.35. The molecule has 0 aromatic heterocycles. The molecule has 3 rings (SSSR count). The van der Waals surface area contributed by atoms with Gasteiger partial charge in [0.1, 0.15) is 0 Å². The first-order chi connectivity index (χ1) is 13.9. The zero-order valence-corrected chi connectivity index (χ0v) is 18.1. The molecule has 0 aromatic rings. The lowest BCUT2D eigenvalue weighted by atomic mass is 9.96. The number of imide groups is 1. The highest BCUT2D eigenvalue weighted by atomic mass is 32.2. The molecule has 2 saturated heterocycles. The van der Waals surface area contributed by atoms with Crippen molar-refractivity contribution in [2.45, 2.75) is 63.8 Å². The Bertz CT molecular complexity index is 650. The molecule has 2 aliphatic heterocycles.